The molecule has 1 N–H and O–H groups in total. The van der Waals surface area contributed by atoms with Crippen LogP contribution in [0.25, 0.3) is 10.2 Å². The normalized spacial score (nSPS) is 13.5. The molecule has 130 valence electrons. The van der Waals surface area contributed by atoms with Gasteiger partial charge in [-0.1, -0.05) is 11.3 Å². The number of quaternary nitrogens is 1. The molecule has 0 unspecified atom stereocenters. The van der Waals surface area contributed by atoms with Crippen LogP contribution in [0.4, 0.5) is 5.13 Å². The molecule has 7 heteroatoms. The van der Waals surface area contributed by atoms with Crippen molar-refractivity contribution in [3.8, 4) is 11.5 Å². The van der Waals surface area contributed by atoms with Gasteiger partial charge in [-0.25, -0.2) is 4.98 Å². The van der Waals surface area contributed by atoms with Gasteiger partial charge in [-0.2, -0.15) is 0 Å². The smallest absolute Gasteiger partial charge is 0.225 e. The van der Waals surface area contributed by atoms with E-state index < -0.39 is 0 Å². The lowest BCUT2D eigenvalue weighted by molar-refractivity contribution is -0.894. The number of ether oxygens (including phenoxy) is 2. The Morgan fingerprint density at radius 1 is 1.25 bits per heavy atom. The summed E-state index contributed by atoms with van der Waals surface area (Å²) < 4.78 is 12.2. The Morgan fingerprint density at radius 3 is 2.54 bits per heavy atom. The minimum Gasteiger partial charge on any atom is -0.486 e. The third-order valence-corrected chi connectivity index (χ3v) is 5.38. The van der Waals surface area contributed by atoms with Gasteiger partial charge >= 0.3 is 0 Å². The van der Waals surface area contributed by atoms with Crippen molar-refractivity contribution in [2.75, 3.05) is 44.3 Å². The van der Waals surface area contributed by atoms with Gasteiger partial charge in [0.05, 0.1) is 36.4 Å². The highest BCUT2D eigenvalue weighted by Gasteiger charge is 2.20. The summed E-state index contributed by atoms with van der Waals surface area (Å²) in [6, 6.07) is 3.86. The summed E-state index contributed by atoms with van der Waals surface area (Å²) in [5, 5.41) is 0.742. The molecule has 1 aliphatic heterocycles. The minimum atomic E-state index is 0.0258. The van der Waals surface area contributed by atoms with Gasteiger partial charge in [0, 0.05) is 19.1 Å². The van der Waals surface area contributed by atoms with Crippen molar-refractivity contribution in [1.29, 1.82) is 0 Å². The fraction of sp³-hybridized carbons (Fsp3) is 0.529. The van der Waals surface area contributed by atoms with Crippen LogP contribution in [0.5, 0.6) is 11.5 Å². The van der Waals surface area contributed by atoms with Gasteiger partial charge in [0.25, 0.3) is 0 Å². The van der Waals surface area contributed by atoms with Crippen LogP contribution in [0, 0.1) is 0 Å². The molecule has 1 aromatic carbocycles. The third-order valence-electron chi connectivity index (χ3n) is 4.34. The zero-order chi connectivity index (χ0) is 17.1. The number of thiazole rings is 1. The molecule has 1 amide bonds. The number of fused-ring (bicyclic) bond motifs is 2. The number of amides is 1. The van der Waals surface area contributed by atoms with E-state index in [0.717, 1.165) is 46.5 Å². The summed E-state index contributed by atoms with van der Waals surface area (Å²) in [4.78, 5) is 20.0. The summed E-state index contributed by atoms with van der Waals surface area (Å²) in [7, 11) is 0. The fourth-order valence-electron chi connectivity index (χ4n) is 2.83. The number of benzene rings is 1. The van der Waals surface area contributed by atoms with Crippen molar-refractivity contribution in [1.82, 2.24) is 4.98 Å². The van der Waals surface area contributed by atoms with Gasteiger partial charge < -0.3 is 14.4 Å². The molecule has 0 saturated heterocycles. The van der Waals surface area contributed by atoms with Gasteiger partial charge in [-0.15, -0.1) is 0 Å². The summed E-state index contributed by atoms with van der Waals surface area (Å²) in [6.45, 7) is 10.8. The highest BCUT2D eigenvalue weighted by molar-refractivity contribution is 7.22. The SMILES string of the molecule is CC[NH+](CC)CCN(C(C)=O)c1nc2cc3c(cc2s1)OCCO3. The Bertz CT molecular complexity index is 684. The number of rotatable bonds is 6. The van der Waals surface area contributed by atoms with Gasteiger partial charge in [0.1, 0.15) is 13.2 Å². The molecule has 6 nitrogen and oxygen atoms in total. The van der Waals surface area contributed by atoms with Crippen LogP contribution < -0.4 is 19.3 Å². The van der Waals surface area contributed by atoms with Gasteiger partial charge in [0.2, 0.25) is 5.91 Å². The van der Waals surface area contributed by atoms with E-state index in [0.29, 0.717) is 19.8 Å². The van der Waals surface area contributed by atoms with Crippen molar-refractivity contribution in [2.45, 2.75) is 20.8 Å². The maximum Gasteiger partial charge on any atom is 0.225 e. The van der Waals surface area contributed by atoms with Gasteiger partial charge in [-0.05, 0) is 13.8 Å². The number of carbonyl (C=O) groups excluding carboxylic acids is 1. The number of nitrogens with zero attached hydrogens (tertiary/aromatic N) is 2. The van der Waals surface area contributed by atoms with E-state index >= 15 is 0 Å². The highest BCUT2D eigenvalue weighted by atomic mass is 32.1. The number of anilines is 1. The van der Waals surface area contributed by atoms with Crippen LogP contribution >= 0.6 is 11.3 Å². The number of likely N-dealkylation sites (N-methyl/N-ethyl adjacent to an activating group) is 1. The van der Waals surface area contributed by atoms with Crippen LogP contribution in [0.15, 0.2) is 12.1 Å². The summed E-state index contributed by atoms with van der Waals surface area (Å²) in [5.74, 6) is 1.51. The number of aromatic nitrogens is 1. The Hall–Kier alpha value is -1.86. The van der Waals surface area contributed by atoms with Crippen molar-refractivity contribution >= 4 is 32.6 Å². The van der Waals surface area contributed by atoms with E-state index in [2.05, 4.69) is 18.8 Å². The van der Waals surface area contributed by atoms with Crippen LogP contribution in [-0.4, -0.2) is 50.3 Å². The largest absolute Gasteiger partial charge is 0.486 e. The Balaban J connectivity index is 1.86. The molecule has 0 fully saturated rings. The first kappa shape index (κ1) is 17.0. The summed E-state index contributed by atoms with van der Waals surface area (Å²) >= 11 is 1.52. The molecular weight excluding hydrogens is 326 g/mol. The Labute approximate surface area is 146 Å². The van der Waals surface area contributed by atoms with Gasteiger partial charge in [0.15, 0.2) is 16.6 Å². The van der Waals surface area contributed by atoms with Crippen LogP contribution in [0.1, 0.15) is 20.8 Å². The number of carbonyl (C=O) groups is 1. The van der Waals surface area contributed by atoms with Crippen LogP contribution in [-0.2, 0) is 4.79 Å². The van der Waals surface area contributed by atoms with E-state index in [-0.39, 0.29) is 5.91 Å². The number of hydrogen-bond donors (Lipinski definition) is 1. The molecule has 2 aromatic rings. The van der Waals surface area contributed by atoms with Gasteiger partial charge in [-0.3, -0.25) is 9.69 Å². The molecule has 1 aliphatic rings. The standard InChI is InChI=1S/C17H23N3O3S/c1-4-19(5-2)6-7-20(12(3)21)17-18-13-10-14-15(11-16(13)24-17)23-9-8-22-14/h10-11H,4-9H2,1-3H3/p+1. The average molecular weight is 350 g/mol. The second-order valence-corrected chi connectivity index (χ2v) is 6.85. The summed E-state index contributed by atoms with van der Waals surface area (Å²) in [5.41, 5.74) is 0.848. The van der Waals surface area contributed by atoms with E-state index in [9.17, 15) is 4.79 Å². The van der Waals surface area contributed by atoms with Crippen molar-refractivity contribution in [3.05, 3.63) is 12.1 Å². The monoisotopic (exact) mass is 350 g/mol. The first-order chi connectivity index (χ1) is 11.6. The van der Waals surface area contributed by atoms with E-state index in [4.69, 9.17) is 9.47 Å². The van der Waals surface area contributed by atoms with Crippen LogP contribution in [0.3, 0.4) is 0 Å². The molecule has 3 rings (SSSR count). The van der Waals surface area contributed by atoms with E-state index in [1.54, 1.807) is 11.8 Å². The topological polar surface area (TPSA) is 56.1 Å². The minimum absolute atomic E-state index is 0.0258. The zero-order valence-electron chi connectivity index (χ0n) is 14.4. The maximum atomic E-state index is 12.1. The number of hydrogen-bond acceptors (Lipinski definition) is 5. The first-order valence-corrected chi connectivity index (χ1v) is 9.25. The van der Waals surface area contributed by atoms with Crippen molar-refractivity contribution in [3.63, 3.8) is 0 Å². The molecule has 0 aliphatic carbocycles. The zero-order valence-corrected chi connectivity index (χ0v) is 15.2. The second kappa shape index (κ2) is 7.36. The average Bonchev–Trinajstić information content (AvgIpc) is 2.98. The Morgan fingerprint density at radius 2 is 1.92 bits per heavy atom. The third kappa shape index (κ3) is 3.47. The quantitative estimate of drug-likeness (QED) is 0.854. The number of nitrogens with one attached hydrogen (secondary N) is 1. The first-order valence-electron chi connectivity index (χ1n) is 8.44. The molecule has 0 radical (unpaired) electrons. The predicted molar refractivity (Wildman–Crippen MR) is 95.5 cm³/mol. The molecule has 0 spiro atoms. The lowest BCUT2D eigenvalue weighted by atomic mass is 10.3. The lowest BCUT2D eigenvalue weighted by Crippen LogP contribution is -3.12. The predicted octanol–water partition coefficient (Wildman–Crippen LogP) is 1.35. The maximum absolute atomic E-state index is 12.1. The molecule has 0 saturated carbocycles. The molecule has 2 heterocycles. The molecule has 0 bridgehead atoms. The van der Waals surface area contributed by atoms with Crippen LogP contribution in [0.2, 0.25) is 0 Å². The highest BCUT2D eigenvalue weighted by Crippen LogP contribution is 2.38. The second-order valence-electron chi connectivity index (χ2n) is 5.84. The lowest BCUT2D eigenvalue weighted by Gasteiger charge is -2.21. The fourth-order valence-corrected chi connectivity index (χ4v) is 3.88. The summed E-state index contributed by atoms with van der Waals surface area (Å²) in [6.07, 6.45) is 0. The Kier molecular flexibility index (Phi) is 5.20. The van der Waals surface area contributed by atoms with Crippen molar-refractivity contribution in [2.24, 2.45) is 0 Å². The molecule has 24 heavy (non-hydrogen) atoms. The van der Waals surface area contributed by atoms with Crippen molar-refractivity contribution < 1.29 is 19.2 Å². The van der Waals surface area contributed by atoms with E-state index in [1.807, 2.05) is 12.1 Å². The molecule has 0 atom stereocenters. The van der Waals surface area contributed by atoms with E-state index in [1.165, 1.54) is 16.2 Å². The molecular formula is C17H24N3O3S+. The molecule has 1 aromatic heterocycles.